The fourth-order valence-electron chi connectivity index (χ4n) is 2.79. The van der Waals surface area contributed by atoms with Crippen LogP contribution in [0.2, 0.25) is 0 Å². The zero-order chi connectivity index (χ0) is 14.8. The molecule has 0 heterocycles. The molecule has 21 heavy (non-hydrogen) atoms. The second-order valence-electron chi connectivity index (χ2n) is 5.44. The summed E-state index contributed by atoms with van der Waals surface area (Å²) >= 11 is 2.74. The Labute approximate surface area is 139 Å². The van der Waals surface area contributed by atoms with Crippen LogP contribution in [-0.2, 0) is 0 Å². The van der Waals surface area contributed by atoms with Gasteiger partial charge in [0.15, 0.2) is 0 Å². The van der Waals surface area contributed by atoms with Gasteiger partial charge in [0.05, 0.1) is 0 Å². The molecule has 0 nitrogen and oxygen atoms in total. The standard InChI is InChI=1S/C19H18IP/c1-21(20,17-11-5-2-6-12-17,18-13-7-3-8-14-18)19-15-9-4-10-16-19/h2-16H,1H3. The quantitative estimate of drug-likeness (QED) is 0.446. The minimum atomic E-state index is -2.40. The van der Waals surface area contributed by atoms with Crippen molar-refractivity contribution in [2.45, 2.75) is 0 Å². The molecule has 0 bridgehead atoms. The van der Waals surface area contributed by atoms with Crippen LogP contribution in [0.15, 0.2) is 91.0 Å². The molecule has 0 saturated heterocycles. The average Bonchev–Trinajstić information content (AvgIpc) is 2.57. The summed E-state index contributed by atoms with van der Waals surface area (Å²) in [4.78, 5) is 0. The van der Waals surface area contributed by atoms with E-state index < -0.39 is 4.25 Å². The van der Waals surface area contributed by atoms with Crippen molar-refractivity contribution < 1.29 is 0 Å². The molecule has 3 rings (SSSR count). The number of halogens is 1. The van der Waals surface area contributed by atoms with Gasteiger partial charge in [0.25, 0.3) is 0 Å². The fourth-order valence-corrected chi connectivity index (χ4v) is 9.23. The molecule has 0 saturated carbocycles. The Balaban J connectivity index is 2.36. The second kappa shape index (κ2) is 5.55. The summed E-state index contributed by atoms with van der Waals surface area (Å²) in [6.07, 6.45) is 0. The van der Waals surface area contributed by atoms with Gasteiger partial charge >= 0.3 is 140 Å². The maximum atomic E-state index is 2.74. The molecule has 3 aromatic rings. The molecule has 0 aliphatic heterocycles. The minimum absolute atomic E-state index is 1.42. The van der Waals surface area contributed by atoms with E-state index in [0.29, 0.717) is 0 Å². The Kier molecular flexibility index (Phi) is 3.90. The van der Waals surface area contributed by atoms with Crippen LogP contribution in [0.5, 0.6) is 0 Å². The van der Waals surface area contributed by atoms with Gasteiger partial charge < -0.3 is 0 Å². The van der Waals surface area contributed by atoms with E-state index in [1.807, 2.05) is 0 Å². The molecule has 0 radical (unpaired) electrons. The van der Waals surface area contributed by atoms with E-state index in [-0.39, 0.29) is 0 Å². The Morgan fingerprint density at radius 2 is 0.762 bits per heavy atom. The molecule has 0 aromatic heterocycles. The number of hydrogen-bond acceptors (Lipinski definition) is 0. The van der Waals surface area contributed by atoms with Crippen molar-refractivity contribution in [1.82, 2.24) is 0 Å². The predicted molar refractivity (Wildman–Crippen MR) is 105 cm³/mol. The first-order valence-electron chi connectivity index (χ1n) is 7.02. The summed E-state index contributed by atoms with van der Waals surface area (Å²) in [6.45, 7) is 2.44. The van der Waals surface area contributed by atoms with Gasteiger partial charge in [-0.15, -0.1) is 0 Å². The third-order valence-corrected chi connectivity index (χ3v) is 13.7. The van der Waals surface area contributed by atoms with Crippen molar-refractivity contribution in [3.05, 3.63) is 91.0 Å². The molecule has 0 unspecified atom stereocenters. The van der Waals surface area contributed by atoms with Crippen LogP contribution < -0.4 is 15.9 Å². The van der Waals surface area contributed by atoms with Crippen molar-refractivity contribution in [1.29, 1.82) is 0 Å². The Morgan fingerprint density at radius 3 is 1.00 bits per heavy atom. The summed E-state index contributed by atoms with van der Waals surface area (Å²) in [6, 6.07) is 32.7. The van der Waals surface area contributed by atoms with Crippen molar-refractivity contribution in [2.24, 2.45) is 0 Å². The molecule has 3 aromatic carbocycles. The van der Waals surface area contributed by atoms with Crippen LogP contribution in [0.3, 0.4) is 0 Å². The van der Waals surface area contributed by atoms with Crippen molar-refractivity contribution in [3.8, 4) is 0 Å². The van der Waals surface area contributed by atoms with Crippen LogP contribution in [0.1, 0.15) is 0 Å². The van der Waals surface area contributed by atoms with E-state index in [1.54, 1.807) is 0 Å². The first-order chi connectivity index (χ1) is 10.1. The zero-order valence-electron chi connectivity index (χ0n) is 12.0. The van der Waals surface area contributed by atoms with Gasteiger partial charge in [-0.1, -0.05) is 0 Å². The van der Waals surface area contributed by atoms with Gasteiger partial charge in [0.2, 0.25) is 0 Å². The maximum absolute atomic E-state index is 2.74. The van der Waals surface area contributed by atoms with Crippen LogP contribution >= 0.6 is 26.3 Å². The normalized spacial score (nSPS) is 13.3. The fraction of sp³-hybridized carbons (Fsp3) is 0.0526. The molecule has 0 atom stereocenters. The number of rotatable bonds is 3. The van der Waals surface area contributed by atoms with Gasteiger partial charge in [-0.3, -0.25) is 0 Å². The molecule has 106 valence electrons. The van der Waals surface area contributed by atoms with Gasteiger partial charge in [0.1, 0.15) is 0 Å². The van der Waals surface area contributed by atoms with Crippen LogP contribution in [0.25, 0.3) is 0 Å². The predicted octanol–water partition coefficient (Wildman–Crippen LogP) is 4.50. The molecular formula is C19H18IP. The van der Waals surface area contributed by atoms with Gasteiger partial charge in [-0.05, 0) is 0 Å². The summed E-state index contributed by atoms with van der Waals surface area (Å²) in [5, 5.41) is 4.25. The van der Waals surface area contributed by atoms with Gasteiger partial charge in [0, 0.05) is 0 Å². The van der Waals surface area contributed by atoms with E-state index in [4.69, 9.17) is 0 Å². The summed E-state index contributed by atoms with van der Waals surface area (Å²) in [5.74, 6) is 0. The SMILES string of the molecule is CP(I)(c1ccccc1)(c1ccccc1)c1ccccc1. The summed E-state index contributed by atoms with van der Waals surface area (Å²) in [5.41, 5.74) is 0. The Bertz CT molecular complexity index is 618. The molecule has 0 fully saturated rings. The van der Waals surface area contributed by atoms with Crippen molar-refractivity contribution >= 4 is 42.2 Å². The van der Waals surface area contributed by atoms with Crippen LogP contribution in [0, 0.1) is 0 Å². The van der Waals surface area contributed by atoms with Gasteiger partial charge in [-0.25, -0.2) is 0 Å². The average molecular weight is 404 g/mol. The van der Waals surface area contributed by atoms with Crippen LogP contribution in [0.4, 0.5) is 0 Å². The van der Waals surface area contributed by atoms with Crippen LogP contribution in [-0.4, -0.2) is 6.66 Å². The topological polar surface area (TPSA) is 0 Å². The first-order valence-corrected chi connectivity index (χ1v) is 12.5. The van der Waals surface area contributed by atoms with Gasteiger partial charge in [-0.2, -0.15) is 0 Å². The van der Waals surface area contributed by atoms with E-state index in [0.717, 1.165) is 0 Å². The third-order valence-electron chi connectivity index (χ3n) is 4.11. The van der Waals surface area contributed by atoms with Crippen molar-refractivity contribution in [2.75, 3.05) is 6.66 Å². The molecule has 0 spiro atoms. The molecular weight excluding hydrogens is 386 g/mol. The van der Waals surface area contributed by atoms with Crippen molar-refractivity contribution in [3.63, 3.8) is 0 Å². The molecule has 0 aliphatic rings. The van der Waals surface area contributed by atoms with E-state index in [2.05, 4.69) is 120 Å². The number of benzene rings is 3. The molecule has 2 heteroatoms. The molecule has 0 aliphatic carbocycles. The number of hydrogen-bond donors (Lipinski definition) is 0. The summed E-state index contributed by atoms with van der Waals surface area (Å²) < 4.78 is -2.40. The van der Waals surface area contributed by atoms with E-state index in [1.165, 1.54) is 15.9 Å². The van der Waals surface area contributed by atoms with E-state index >= 15 is 0 Å². The molecule has 0 N–H and O–H groups in total. The summed E-state index contributed by atoms with van der Waals surface area (Å²) in [7, 11) is 0. The Hall–Kier alpha value is -1.18. The third kappa shape index (κ3) is 2.43. The second-order valence-corrected chi connectivity index (χ2v) is 17.1. The van der Waals surface area contributed by atoms with E-state index in [9.17, 15) is 0 Å². The molecule has 0 amide bonds. The first kappa shape index (κ1) is 14.7. The zero-order valence-corrected chi connectivity index (χ0v) is 15.0. The Morgan fingerprint density at radius 1 is 0.524 bits per heavy atom. The monoisotopic (exact) mass is 404 g/mol.